The van der Waals surface area contributed by atoms with E-state index >= 15 is 0 Å². The van der Waals surface area contributed by atoms with Gasteiger partial charge in [-0.15, -0.1) is 0 Å². The highest BCUT2D eigenvalue weighted by Crippen LogP contribution is 2.41. The highest BCUT2D eigenvalue weighted by atomic mass is 32.2. The number of hydrogen-bond donors (Lipinski definition) is 3. The Hall–Kier alpha value is -3.40. The Kier molecular flexibility index (Phi) is 6.30. The number of aliphatic hydroxyl groups is 1. The highest BCUT2D eigenvalue weighted by molar-refractivity contribution is 8.18. The van der Waals surface area contributed by atoms with E-state index in [9.17, 15) is 33.3 Å². The zero-order valence-electron chi connectivity index (χ0n) is 16.0. The van der Waals surface area contributed by atoms with Crippen molar-refractivity contribution in [1.82, 2.24) is 0 Å². The molecule has 2 aromatic rings. The van der Waals surface area contributed by atoms with Gasteiger partial charge in [0.15, 0.2) is 11.5 Å². The monoisotopic (exact) mass is 451 g/mol. The molecule has 10 heteroatoms. The number of aliphatic imine (C=N–C) groups is 1. The third kappa shape index (κ3) is 5.02. The number of esters is 1. The van der Waals surface area contributed by atoms with Gasteiger partial charge in [0.25, 0.3) is 0 Å². The number of aromatic hydroxyl groups is 2. The van der Waals surface area contributed by atoms with Gasteiger partial charge in [-0.2, -0.15) is 13.2 Å². The number of hydrogen-bond acceptors (Lipinski definition) is 7. The van der Waals surface area contributed by atoms with E-state index in [1.807, 2.05) is 0 Å². The van der Waals surface area contributed by atoms with E-state index in [1.165, 1.54) is 36.4 Å². The first-order valence-electron chi connectivity index (χ1n) is 8.88. The Morgan fingerprint density at radius 1 is 1.13 bits per heavy atom. The van der Waals surface area contributed by atoms with Gasteiger partial charge in [-0.25, -0.2) is 9.79 Å². The van der Waals surface area contributed by atoms with Crippen LogP contribution in [0.2, 0.25) is 0 Å². The van der Waals surface area contributed by atoms with Crippen LogP contribution in [0.1, 0.15) is 18.1 Å². The van der Waals surface area contributed by atoms with Crippen molar-refractivity contribution in [3.8, 4) is 11.5 Å². The first-order chi connectivity index (χ1) is 14.6. The van der Waals surface area contributed by atoms with E-state index in [0.717, 1.165) is 23.9 Å². The molecule has 3 N–H and O–H groups in total. The molecule has 6 nitrogen and oxygen atoms in total. The molecular formula is C21H16F3NO5S. The van der Waals surface area contributed by atoms with Crippen LogP contribution in [0.3, 0.4) is 0 Å². The Morgan fingerprint density at radius 3 is 2.52 bits per heavy atom. The van der Waals surface area contributed by atoms with Crippen LogP contribution < -0.4 is 0 Å². The van der Waals surface area contributed by atoms with E-state index in [2.05, 4.69) is 4.99 Å². The molecule has 1 aliphatic heterocycles. The number of nitrogens with zero attached hydrogens (tertiary/aromatic N) is 1. The lowest BCUT2D eigenvalue weighted by Crippen LogP contribution is -2.13. The topological polar surface area (TPSA) is 99.4 Å². The number of alkyl halides is 3. The number of thioether (sulfide) groups is 1. The third-order valence-electron chi connectivity index (χ3n) is 4.07. The summed E-state index contributed by atoms with van der Waals surface area (Å²) in [6.07, 6.45) is -3.14. The molecular weight excluding hydrogens is 435 g/mol. The Morgan fingerprint density at radius 2 is 1.87 bits per heavy atom. The van der Waals surface area contributed by atoms with Crippen LogP contribution >= 0.6 is 11.8 Å². The number of ether oxygens (including phenoxy) is 1. The molecule has 3 rings (SSSR count). The lowest BCUT2D eigenvalue weighted by Gasteiger charge is -2.07. The summed E-state index contributed by atoms with van der Waals surface area (Å²) in [7, 11) is 0. The summed E-state index contributed by atoms with van der Waals surface area (Å²) in [5.41, 5.74) is -0.847. The van der Waals surface area contributed by atoms with Crippen LogP contribution in [0.25, 0.3) is 6.08 Å². The van der Waals surface area contributed by atoms with Crippen LogP contribution in [-0.4, -0.2) is 32.9 Å². The van der Waals surface area contributed by atoms with Gasteiger partial charge in [0.2, 0.25) is 0 Å². The SMILES string of the molecule is CCOC(=O)C1=C(O)C(=Cc2ccc(O)c(O)c2)SC1=Nc1cccc(C(F)(F)F)c1. The zero-order valence-corrected chi connectivity index (χ0v) is 16.8. The van der Waals surface area contributed by atoms with Crippen molar-refractivity contribution in [2.75, 3.05) is 6.61 Å². The largest absolute Gasteiger partial charge is 0.506 e. The summed E-state index contributed by atoms with van der Waals surface area (Å²) >= 11 is 0.855. The second-order valence-electron chi connectivity index (χ2n) is 6.27. The summed E-state index contributed by atoms with van der Waals surface area (Å²) in [6.45, 7) is 1.58. The summed E-state index contributed by atoms with van der Waals surface area (Å²) in [5, 5.41) is 29.6. The molecule has 0 radical (unpaired) electrons. The average Bonchev–Trinajstić information content (AvgIpc) is 2.99. The van der Waals surface area contributed by atoms with Crippen molar-refractivity contribution < 1.29 is 38.0 Å². The fourth-order valence-electron chi connectivity index (χ4n) is 2.64. The number of aliphatic hydroxyl groups excluding tert-OH is 1. The highest BCUT2D eigenvalue weighted by Gasteiger charge is 2.34. The third-order valence-corrected chi connectivity index (χ3v) is 5.09. The summed E-state index contributed by atoms with van der Waals surface area (Å²) in [5.74, 6) is -2.05. The molecule has 0 unspecified atom stereocenters. The van der Waals surface area contributed by atoms with Gasteiger partial charge >= 0.3 is 12.1 Å². The molecule has 0 fully saturated rings. The molecule has 31 heavy (non-hydrogen) atoms. The van der Waals surface area contributed by atoms with Crippen LogP contribution in [0.4, 0.5) is 18.9 Å². The second-order valence-corrected chi connectivity index (χ2v) is 7.30. The van der Waals surface area contributed by atoms with Gasteiger partial charge in [-0.3, -0.25) is 0 Å². The van der Waals surface area contributed by atoms with Crippen molar-refractivity contribution in [1.29, 1.82) is 0 Å². The minimum Gasteiger partial charge on any atom is -0.506 e. The second kappa shape index (κ2) is 8.76. The minimum atomic E-state index is -4.56. The standard InChI is InChI=1S/C21H16F3NO5S/c1-2-30-20(29)17-18(28)16(9-11-6-7-14(26)15(27)8-11)31-19(17)25-13-5-3-4-12(10-13)21(22,23)24/h3-10,26-28H,2H2,1H3. The normalized spacial score (nSPS) is 16.9. The fourth-order valence-corrected chi connectivity index (χ4v) is 3.68. The van der Waals surface area contributed by atoms with E-state index in [-0.39, 0.29) is 39.3 Å². The molecule has 2 aromatic carbocycles. The molecule has 0 aliphatic carbocycles. The smallest absolute Gasteiger partial charge is 0.416 e. The van der Waals surface area contributed by atoms with E-state index in [0.29, 0.717) is 5.56 Å². The van der Waals surface area contributed by atoms with Crippen molar-refractivity contribution in [3.05, 3.63) is 69.8 Å². The summed E-state index contributed by atoms with van der Waals surface area (Å²) < 4.78 is 43.9. The van der Waals surface area contributed by atoms with Gasteiger partial charge in [-0.05, 0) is 48.9 Å². The average molecular weight is 451 g/mol. The van der Waals surface area contributed by atoms with Gasteiger partial charge in [-0.1, -0.05) is 23.9 Å². The predicted octanol–water partition coefficient (Wildman–Crippen LogP) is 5.31. The number of carbonyl (C=O) groups excluding carboxylic acids is 1. The first-order valence-corrected chi connectivity index (χ1v) is 9.70. The molecule has 1 heterocycles. The maximum Gasteiger partial charge on any atom is 0.416 e. The number of phenols is 2. The first kappa shape index (κ1) is 22.3. The van der Waals surface area contributed by atoms with Crippen LogP contribution in [0, 0.1) is 0 Å². The van der Waals surface area contributed by atoms with Crippen molar-refractivity contribution in [3.63, 3.8) is 0 Å². The summed E-state index contributed by atoms with van der Waals surface area (Å²) in [6, 6.07) is 8.19. The predicted molar refractivity (Wildman–Crippen MR) is 110 cm³/mol. The van der Waals surface area contributed by atoms with Crippen molar-refractivity contribution >= 4 is 34.5 Å². The van der Waals surface area contributed by atoms with Crippen LogP contribution in [0.15, 0.2) is 63.7 Å². The quantitative estimate of drug-likeness (QED) is 0.430. The van der Waals surface area contributed by atoms with Crippen molar-refractivity contribution in [2.24, 2.45) is 4.99 Å². The maximum atomic E-state index is 13.0. The molecule has 0 amide bonds. The molecule has 0 aromatic heterocycles. The Bertz CT molecular complexity index is 1120. The number of rotatable bonds is 4. The lowest BCUT2D eigenvalue weighted by atomic mass is 10.1. The minimum absolute atomic E-state index is 0.0159. The number of benzene rings is 2. The van der Waals surface area contributed by atoms with Gasteiger partial charge < -0.3 is 20.1 Å². The Balaban J connectivity index is 2.06. The molecule has 0 atom stereocenters. The molecule has 0 saturated heterocycles. The molecule has 0 saturated carbocycles. The number of carbonyl (C=O) groups is 1. The number of phenolic OH excluding ortho intramolecular Hbond substituents is 2. The maximum absolute atomic E-state index is 13.0. The fraction of sp³-hybridized carbons (Fsp3) is 0.143. The summed E-state index contributed by atoms with van der Waals surface area (Å²) in [4.78, 5) is 16.7. The Labute approximate surface area is 179 Å². The van der Waals surface area contributed by atoms with E-state index in [1.54, 1.807) is 6.92 Å². The van der Waals surface area contributed by atoms with Gasteiger partial charge in [0.1, 0.15) is 16.4 Å². The molecule has 0 spiro atoms. The van der Waals surface area contributed by atoms with E-state index in [4.69, 9.17) is 4.74 Å². The number of halogens is 3. The van der Waals surface area contributed by atoms with Crippen LogP contribution in [-0.2, 0) is 15.7 Å². The van der Waals surface area contributed by atoms with Gasteiger partial charge in [0.05, 0.1) is 22.8 Å². The zero-order chi connectivity index (χ0) is 22.8. The molecule has 162 valence electrons. The van der Waals surface area contributed by atoms with Crippen molar-refractivity contribution in [2.45, 2.75) is 13.1 Å². The van der Waals surface area contributed by atoms with E-state index < -0.39 is 23.5 Å². The van der Waals surface area contributed by atoms with Gasteiger partial charge in [0, 0.05) is 0 Å². The lowest BCUT2D eigenvalue weighted by molar-refractivity contribution is -0.138. The molecule has 1 aliphatic rings. The molecule has 0 bridgehead atoms. The van der Waals surface area contributed by atoms with Crippen LogP contribution in [0.5, 0.6) is 11.5 Å².